The summed E-state index contributed by atoms with van der Waals surface area (Å²) < 4.78 is 0. The van der Waals surface area contributed by atoms with Crippen LogP contribution >= 0.6 is 0 Å². The summed E-state index contributed by atoms with van der Waals surface area (Å²) in [4.78, 5) is 0. The van der Waals surface area contributed by atoms with Gasteiger partial charge in [0.2, 0.25) is 0 Å². The third-order valence-electron chi connectivity index (χ3n) is 2.90. The molecule has 0 heterocycles. The number of hydrogen-bond donors (Lipinski definition) is 2. The van der Waals surface area contributed by atoms with Gasteiger partial charge in [-0.3, -0.25) is 0 Å². The van der Waals surface area contributed by atoms with Crippen molar-refractivity contribution < 1.29 is 5.11 Å². The summed E-state index contributed by atoms with van der Waals surface area (Å²) >= 11 is 0. The number of hydrogen-bond acceptors (Lipinski definition) is 2. The molecule has 0 aromatic carbocycles. The van der Waals surface area contributed by atoms with Crippen LogP contribution in [0.25, 0.3) is 0 Å². The van der Waals surface area contributed by atoms with Crippen molar-refractivity contribution in [2.45, 2.75) is 64.0 Å². The van der Waals surface area contributed by atoms with E-state index in [9.17, 15) is 5.11 Å². The average Bonchev–Trinajstić information content (AvgIpc) is 2.02. The lowest BCUT2D eigenvalue weighted by Crippen LogP contribution is -2.49. The standard InChI is InChI=1S/C11H23NO/c1-10(2,13)9-12-11(3)7-5-4-6-8-11/h12-13H,4-9H2,1-3H3. The molecule has 2 N–H and O–H groups in total. The fraction of sp³-hybridized carbons (Fsp3) is 1.00. The van der Waals surface area contributed by atoms with E-state index in [-0.39, 0.29) is 5.54 Å². The van der Waals surface area contributed by atoms with Crippen LogP contribution in [-0.4, -0.2) is 22.8 Å². The Kier molecular flexibility index (Phi) is 3.36. The molecule has 1 aliphatic rings. The van der Waals surface area contributed by atoms with E-state index in [1.165, 1.54) is 32.1 Å². The molecule has 13 heavy (non-hydrogen) atoms. The first-order valence-corrected chi connectivity index (χ1v) is 5.39. The highest BCUT2D eigenvalue weighted by Gasteiger charge is 2.27. The Morgan fingerprint density at radius 2 is 1.77 bits per heavy atom. The minimum Gasteiger partial charge on any atom is -0.389 e. The number of nitrogens with one attached hydrogen (secondary N) is 1. The van der Waals surface area contributed by atoms with Crippen LogP contribution in [0.15, 0.2) is 0 Å². The van der Waals surface area contributed by atoms with Crippen molar-refractivity contribution in [3.63, 3.8) is 0 Å². The molecular weight excluding hydrogens is 162 g/mol. The van der Waals surface area contributed by atoms with Crippen molar-refractivity contribution >= 4 is 0 Å². The van der Waals surface area contributed by atoms with Gasteiger partial charge in [0.05, 0.1) is 5.60 Å². The summed E-state index contributed by atoms with van der Waals surface area (Å²) in [5.74, 6) is 0. The second kappa shape index (κ2) is 3.97. The zero-order chi connectivity index (χ0) is 9.95. The van der Waals surface area contributed by atoms with Gasteiger partial charge in [-0.1, -0.05) is 19.3 Å². The fourth-order valence-electron chi connectivity index (χ4n) is 1.94. The monoisotopic (exact) mass is 185 g/mol. The highest BCUT2D eigenvalue weighted by molar-refractivity contribution is 4.88. The third kappa shape index (κ3) is 4.10. The Balaban J connectivity index is 2.33. The van der Waals surface area contributed by atoms with Crippen LogP contribution in [0.2, 0.25) is 0 Å². The van der Waals surface area contributed by atoms with Gasteiger partial charge in [0, 0.05) is 12.1 Å². The molecule has 0 amide bonds. The molecule has 0 spiro atoms. The smallest absolute Gasteiger partial charge is 0.0715 e. The summed E-state index contributed by atoms with van der Waals surface area (Å²) in [6.07, 6.45) is 6.54. The SMILES string of the molecule is CC(C)(O)CNC1(C)CCCCC1. The van der Waals surface area contributed by atoms with Crippen LogP contribution in [0.1, 0.15) is 52.9 Å². The van der Waals surface area contributed by atoms with Crippen molar-refractivity contribution in [2.75, 3.05) is 6.54 Å². The molecule has 1 fully saturated rings. The van der Waals surface area contributed by atoms with Crippen molar-refractivity contribution in [3.05, 3.63) is 0 Å². The molecule has 1 aliphatic carbocycles. The predicted molar refractivity (Wildman–Crippen MR) is 55.8 cm³/mol. The van der Waals surface area contributed by atoms with Crippen LogP contribution in [0, 0.1) is 0 Å². The zero-order valence-corrected chi connectivity index (χ0v) is 9.19. The molecule has 0 aliphatic heterocycles. The molecule has 1 saturated carbocycles. The lowest BCUT2D eigenvalue weighted by atomic mass is 9.83. The van der Waals surface area contributed by atoms with Gasteiger partial charge in [0.1, 0.15) is 0 Å². The van der Waals surface area contributed by atoms with Crippen molar-refractivity contribution in [1.29, 1.82) is 0 Å². The highest BCUT2D eigenvalue weighted by atomic mass is 16.3. The molecule has 78 valence electrons. The Morgan fingerprint density at radius 3 is 2.23 bits per heavy atom. The van der Waals surface area contributed by atoms with Crippen LogP contribution in [0.4, 0.5) is 0 Å². The molecule has 0 atom stereocenters. The summed E-state index contributed by atoms with van der Waals surface area (Å²) in [5, 5.41) is 13.1. The fourth-order valence-corrected chi connectivity index (χ4v) is 1.94. The molecule has 2 heteroatoms. The molecule has 0 saturated heterocycles. The second-order valence-corrected chi connectivity index (χ2v) is 5.29. The highest BCUT2D eigenvalue weighted by Crippen LogP contribution is 2.27. The van der Waals surface area contributed by atoms with Crippen LogP contribution < -0.4 is 5.32 Å². The molecule has 0 bridgehead atoms. The van der Waals surface area contributed by atoms with Gasteiger partial charge in [0.15, 0.2) is 0 Å². The van der Waals surface area contributed by atoms with E-state index in [1.807, 2.05) is 13.8 Å². The lowest BCUT2D eigenvalue weighted by molar-refractivity contribution is 0.0653. The Labute approximate surface area is 81.7 Å². The number of rotatable bonds is 3. The van der Waals surface area contributed by atoms with E-state index in [0.717, 1.165) is 0 Å². The summed E-state index contributed by atoms with van der Waals surface area (Å²) in [6, 6.07) is 0. The van der Waals surface area contributed by atoms with Gasteiger partial charge < -0.3 is 10.4 Å². The maximum absolute atomic E-state index is 9.60. The summed E-state index contributed by atoms with van der Waals surface area (Å²) in [6.45, 7) is 6.68. The summed E-state index contributed by atoms with van der Waals surface area (Å²) in [7, 11) is 0. The molecule has 0 aromatic heterocycles. The van der Waals surface area contributed by atoms with Crippen molar-refractivity contribution in [1.82, 2.24) is 5.32 Å². The zero-order valence-electron chi connectivity index (χ0n) is 9.19. The number of aliphatic hydroxyl groups is 1. The topological polar surface area (TPSA) is 32.3 Å². The summed E-state index contributed by atoms with van der Waals surface area (Å²) in [5.41, 5.74) is -0.307. The van der Waals surface area contributed by atoms with Gasteiger partial charge in [-0.15, -0.1) is 0 Å². The quantitative estimate of drug-likeness (QED) is 0.705. The maximum Gasteiger partial charge on any atom is 0.0715 e. The van der Waals surface area contributed by atoms with Gasteiger partial charge in [-0.2, -0.15) is 0 Å². The molecule has 2 nitrogen and oxygen atoms in total. The number of β-amino-alcohol motifs (C(OH)–C–C–N with tert-alkyl or cyclic N) is 1. The van der Waals surface area contributed by atoms with E-state index in [0.29, 0.717) is 6.54 Å². The van der Waals surface area contributed by atoms with E-state index >= 15 is 0 Å². The normalized spacial score (nSPS) is 23.1. The first-order valence-electron chi connectivity index (χ1n) is 5.39. The van der Waals surface area contributed by atoms with E-state index in [1.54, 1.807) is 0 Å². The van der Waals surface area contributed by atoms with Crippen molar-refractivity contribution in [3.8, 4) is 0 Å². The van der Waals surface area contributed by atoms with Crippen LogP contribution in [0.3, 0.4) is 0 Å². The van der Waals surface area contributed by atoms with Gasteiger partial charge >= 0.3 is 0 Å². The molecular formula is C11H23NO. The largest absolute Gasteiger partial charge is 0.389 e. The van der Waals surface area contributed by atoms with E-state index in [4.69, 9.17) is 0 Å². The van der Waals surface area contributed by atoms with Crippen LogP contribution in [0.5, 0.6) is 0 Å². The first kappa shape index (κ1) is 11.0. The predicted octanol–water partition coefficient (Wildman–Crippen LogP) is 2.07. The maximum atomic E-state index is 9.60. The molecule has 0 aromatic rings. The van der Waals surface area contributed by atoms with Crippen molar-refractivity contribution in [2.24, 2.45) is 0 Å². The first-order chi connectivity index (χ1) is 5.91. The molecule has 1 rings (SSSR count). The third-order valence-corrected chi connectivity index (χ3v) is 2.90. The Hall–Kier alpha value is -0.0800. The van der Waals surface area contributed by atoms with E-state index in [2.05, 4.69) is 12.2 Å². The van der Waals surface area contributed by atoms with E-state index < -0.39 is 5.60 Å². The Bertz CT molecular complexity index is 154. The lowest BCUT2D eigenvalue weighted by Gasteiger charge is -2.36. The van der Waals surface area contributed by atoms with Gasteiger partial charge in [0.25, 0.3) is 0 Å². The minimum atomic E-state index is -0.583. The second-order valence-electron chi connectivity index (χ2n) is 5.29. The average molecular weight is 185 g/mol. The molecule has 0 radical (unpaired) electrons. The van der Waals surface area contributed by atoms with Gasteiger partial charge in [-0.25, -0.2) is 0 Å². The van der Waals surface area contributed by atoms with Crippen LogP contribution in [-0.2, 0) is 0 Å². The molecule has 0 unspecified atom stereocenters. The minimum absolute atomic E-state index is 0.276. The Morgan fingerprint density at radius 1 is 1.23 bits per heavy atom. The van der Waals surface area contributed by atoms with Gasteiger partial charge in [-0.05, 0) is 33.6 Å².